The van der Waals surface area contributed by atoms with Gasteiger partial charge in [-0.2, -0.15) is 0 Å². The number of carbonyl (C=O) groups excluding carboxylic acids is 1. The molecule has 0 spiro atoms. The largest absolute Gasteiger partial charge is 0.504 e. The minimum absolute atomic E-state index is 0.126. The summed E-state index contributed by atoms with van der Waals surface area (Å²) in [4.78, 5) is 11.6. The fourth-order valence-corrected chi connectivity index (χ4v) is 2.01. The molecule has 0 unspecified atom stereocenters. The zero-order valence-corrected chi connectivity index (χ0v) is 12.6. The lowest BCUT2D eigenvalue weighted by molar-refractivity contribution is 0.0526. The molecule has 0 heterocycles. The molecule has 0 atom stereocenters. The predicted octanol–water partition coefficient (Wildman–Crippen LogP) is 3.19. The number of rotatable bonds is 6. The summed E-state index contributed by atoms with van der Waals surface area (Å²) in [5.41, 5.74) is 2.08. The average molecular weight is 301 g/mol. The lowest BCUT2D eigenvalue weighted by Crippen LogP contribution is -2.05. The normalized spacial score (nSPS) is 10.1. The van der Waals surface area contributed by atoms with Crippen LogP contribution < -0.4 is 10.1 Å². The van der Waals surface area contributed by atoms with E-state index in [0.717, 1.165) is 11.3 Å². The van der Waals surface area contributed by atoms with Crippen molar-refractivity contribution in [3.8, 4) is 11.5 Å². The molecule has 2 aromatic carbocycles. The zero-order chi connectivity index (χ0) is 15.9. The summed E-state index contributed by atoms with van der Waals surface area (Å²) in [7, 11) is 1.51. The van der Waals surface area contributed by atoms with Crippen molar-refractivity contribution < 1.29 is 19.4 Å². The van der Waals surface area contributed by atoms with E-state index in [4.69, 9.17) is 9.47 Å². The van der Waals surface area contributed by atoms with E-state index in [-0.39, 0.29) is 11.7 Å². The Morgan fingerprint density at radius 1 is 1.18 bits per heavy atom. The van der Waals surface area contributed by atoms with Gasteiger partial charge in [-0.15, -0.1) is 0 Å². The number of anilines is 1. The first kappa shape index (κ1) is 15.7. The minimum Gasteiger partial charge on any atom is -0.504 e. The van der Waals surface area contributed by atoms with Crippen LogP contribution in [0.25, 0.3) is 0 Å². The standard InChI is InChI=1S/C17H19NO4/c1-3-22-17(20)12-7-9-14(10-8-12)18-11-13-5-4-6-15(21-2)16(13)19/h4-10,18-19H,3,11H2,1-2H3. The van der Waals surface area contributed by atoms with Gasteiger partial charge in [0.05, 0.1) is 19.3 Å². The Balaban J connectivity index is 2.02. The van der Waals surface area contributed by atoms with Gasteiger partial charge < -0.3 is 19.9 Å². The Labute approximate surface area is 129 Å². The third-order valence-corrected chi connectivity index (χ3v) is 3.18. The third-order valence-electron chi connectivity index (χ3n) is 3.18. The number of ether oxygens (including phenoxy) is 2. The minimum atomic E-state index is -0.334. The highest BCUT2D eigenvalue weighted by molar-refractivity contribution is 5.89. The molecule has 0 aliphatic carbocycles. The lowest BCUT2D eigenvalue weighted by atomic mass is 10.1. The van der Waals surface area contributed by atoms with Crippen LogP contribution in [0, 0.1) is 0 Å². The van der Waals surface area contributed by atoms with Crippen molar-refractivity contribution in [2.45, 2.75) is 13.5 Å². The van der Waals surface area contributed by atoms with Crippen molar-refractivity contribution in [1.29, 1.82) is 0 Å². The Morgan fingerprint density at radius 3 is 2.55 bits per heavy atom. The van der Waals surface area contributed by atoms with E-state index in [0.29, 0.717) is 24.5 Å². The van der Waals surface area contributed by atoms with Crippen molar-refractivity contribution in [2.75, 3.05) is 19.0 Å². The first-order valence-corrected chi connectivity index (χ1v) is 7.01. The molecular formula is C17H19NO4. The van der Waals surface area contributed by atoms with Crippen molar-refractivity contribution >= 4 is 11.7 Å². The Kier molecular flexibility index (Phi) is 5.25. The van der Waals surface area contributed by atoms with Gasteiger partial charge in [0.2, 0.25) is 0 Å². The Morgan fingerprint density at radius 2 is 1.91 bits per heavy atom. The third kappa shape index (κ3) is 3.69. The molecule has 0 radical (unpaired) electrons. The second-order valence-electron chi connectivity index (χ2n) is 4.62. The summed E-state index contributed by atoms with van der Waals surface area (Å²) in [6, 6.07) is 12.3. The molecule has 2 rings (SSSR count). The molecule has 5 nitrogen and oxygen atoms in total. The van der Waals surface area contributed by atoms with Gasteiger partial charge in [-0.25, -0.2) is 4.79 Å². The van der Waals surface area contributed by atoms with E-state index in [1.165, 1.54) is 7.11 Å². The van der Waals surface area contributed by atoms with Crippen molar-refractivity contribution in [1.82, 2.24) is 0 Å². The molecule has 5 heteroatoms. The number of para-hydroxylation sites is 1. The molecule has 0 fully saturated rings. The summed E-state index contributed by atoms with van der Waals surface area (Å²) in [6.45, 7) is 2.57. The highest BCUT2D eigenvalue weighted by Crippen LogP contribution is 2.29. The number of hydrogen-bond donors (Lipinski definition) is 2. The second-order valence-corrected chi connectivity index (χ2v) is 4.62. The predicted molar refractivity (Wildman–Crippen MR) is 84.4 cm³/mol. The van der Waals surface area contributed by atoms with Crippen LogP contribution in [-0.4, -0.2) is 24.8 Å². The molecule has 0 bridgehead atoms. The van der Waals surface area contributed by atoms with Gasteiger partial charge >= 0.3 is 5.97 Å². The number of methoxy groups -OCH3 is 1. The monoisotopic (exact) mass is 301 g/mol. The maximum Gasteiger partial charge on any atom is 0.338 e. The number of phenols is 1. The molecule has 0 saturated carbocycles. The number of carbonyl (C=O) groups is 1. The summed E-state index contributed by atoms with van der Waals surface area (Å²) in [6.07, 6.45) is 0. The summed E-state index contributed by atoms with van der Waals surface area (Å²) in [5, 5.41) is 13.2. The Bertz CT molecular complexity index is 638. The van der Waals surface area contributed by atoms with E-state index >= 15 is 0 Å². The smallest absolute Gasteiger partial charge is 0.338 e. The Hall–Kier alpha value is -2.69. The van der Waals surface area contributed by atoms with E-state index in [9.17, 15) is 9.90 Å². The average Bonchev–Trinajstić information content (AvgIpc) is 2.54. The van der Waals surface area contributed by atoms with Crippen LogP contribution in [0.4, 0.5) is 5.69 Å². The number of benzene rings is 2. The number of aromatic hydroxyl groups is 1. The van der Waals surface area contributed by atoms with Crippen LogP contribution in [0.2, 0.25) is 0 Å². The van der Waals surface area contributed by atoms with Crippen molar-refractivity contribution in [3.63, 3.8) is 0 Å². The highest BCUT2D eigenvalue weighted by atomic mass is 16.5. The van der Waals surface area contributed by atoms with E-state index in [1.54, 1.807) is 37.3 Å². The fourth-order valence-electron chi connectivity index (χ4n) is 2.01. The van der Waals surface area contributed by atoms with Crippen molar-refractivity contribution in [3.05, 3.63) is 53.6 Å². The summed E-state index contributed by atoms with van der Waals surface area (Å²) < 4.78 is 10.0. The number of esters is 1. The first-order valence-electron chi connectivity index (χ1n) is 7.01. The molecule has 2 aromatic rings. The van der Waals surface area contributed by atoms with Crippen molar-refractivity contribution in [2.24, 2.45) is 0 Å². The van der Waals surface area contributed by atoms with E-state index in [2.05, 4.69) is 5.32 Å². The summed E-state index contributed by atoms with van der Waals surface area (Å²) in [5.74, 6) is 0.233. The molecule has 0 aliphatic rings. The zero-order valence-electron chi connectivity index (χ0n) is 12.6. The second kappa shape index (κ2) is 7.36. The van der Waals surface area contributed by atoms with Crippen LogP contribution in [-0.2, 0) is 11.3 Å². The van der Waals surface area contributed by atoms with Gasteiger partial charge in [0.25, 0.3) is 0 Å². The van der Waals surface area contributed by atoms with Gasteiger partial charge in [-0.3, -0.25) is 0 Å². The van der Waals surface area contributed by atoms with Gasteiger partial charge in [0, 0.05) is 17.8 Å². The first-order chi connectivity index (χ1) is 10.7. The number of hydrogen-bond acceptors (Lipinski definition) is 5. The molecule has 22 heavy (non-hydrogen) atoms. The molecule has 0 aliphatic heterocycles. The fraction of sp³-hybridized carbons (Fsp3) is 0.235. The van der Waals surface area contributed by atoms with Gasteiger partial charge in [-0.1, -0.05) is 12.1 Å². The van der Waals surface area contributed by atoms with E-state index < -0.39 is 0 Å². The number of phenolic OH excluding ortho intramolecular Hbond substituents is 1. The molecule has 0 saturated heterocycles. The van der Waals surface area contributed by atoms with Crippen LogP contribution in [0.3, 0.4) is 0 Å². The molecule has 116 valence electrons. The SMILES string of the molecule is CCOC(=O)c1ccc(NCc2cccc(OC)c2O)cc1. The van der Waals surface area contributed by atoms with Crippen LogP contribution in [0.5, 0.6) is 11.5 Å². The van der Waals surface area contributed by atoms with Gasteiger partial charge in [-0.05, 0) is 37.3 Å². The molecular weight excluding hydrogens is 282 g/mol. The quantitative estimate of drug-likeness (QED) is 0.802. The van der Waals surface area contributed by atoms with Crippen LogP contribution in [0.15, 0.2) is 42.5 Å². The van der Waals surface area contributed by atoms with Gasteiger partial charge in [0.1, 0.15) is 0 Å². The molecule has 0 aromatic heterocycles. The highest BCUT2D eigenvalue weighted by Gasteiger charge is 2.08. The maximum absolute atomic E-state index is 11.6. The van der Waals surface area contributed by atoms with Gasteiger partial charge in [0.15, 0.2) is 11.5 Å². The van der Waals surface area contributed by atoms with E-state index in [1.807, 2.05) is 12.1 Å². The molecule has 2 N–H and O–H groups in total. The lowest BCUT2D eigenvalue weighted by Gasteiger charge is -2.11. The summed E-state index contributed by atoms with van der Waals surface area (Å²) >= 11 is 0. The topological polar surface area (TPSA) is 67.8 Å². The molecule has 0 amide bonds. The van der Waals surface area contributed by atoms with Crippen LogP contribution in [0.1, 0.15) is 22.8 Å². The number of nitrogens with one attached hydrogen (secondary N) is 1. The van der Waals surface area contributed by atoms with Crippen LogP contribution >= 0.6 is 0 Å². The maximum atomic E-state index is 11.6.